The molecular formula is C38H32N4O7S2. The average molecular weight is 721 g/mol. The first-order chi connectivity index (χ1) is 24.7. The lowest BCUT2D eigenvalue weighted by molar-refractivity contribution is -0.136. The van der Waals surface area contributed by atoms with Gasteiger partial charge in [0, 0.05) is 37.0 Å². The maximum absolute atomic E-state index is 14.7. The van der Waals surface area contributed by atoms with Crippen molar-refractivity contribution in [3.63, 3.8) is 0 Å². The highest BCUT2D eigenvalue weighted by Crippen LogP contribution is 2.42. The molecule has 1 fully saturated rings. The molecule has 4 aromatic carbocycles. The molecule has 13 heteroatoms. The number of aromatic nitrogens is 2. The predicted octanol–water partition coefficient (Wildman–Crippen LogP) is 4.68. The molecule has 2 amide bonds. The molecule has 11 nitrogen and oxygen atoms in total. The summed E-state index contributed by atoms with van der Waals surface area (Å²) in [5.41, 5.74) is 0.0997. The van der Waals surface area contributed by atoms with Gasteiger partial charge in [-0.25, -0.2) is 24.8 Å². The Morgan fingerprint density at radius 2 is 0.941 bits per heavy atom. The van der Waals surface area contributed by atoms with Crippen LogP contribution in [0.1, 0.15) is 11.4 Å². The number of amides is 2. The molecule has 0 atom stereocenters. The number of fused-ring (bicyclic) bond motifs is 2. The molecule has 0 radical (unpaired) electrons. The number of hydrogen-bond acceptors (Lipinski definition) is 8. The van der Waals surface area contributed by atoms with E-state index in [0.717, 1.165) is 12.8 Å². The molecule has 4 heterocycles. The maximum Gasteiger partial charge on any atom is 0.268 e. The van der Waals surface area contributed by atoms with E-state index < -0.39 is 31.9 Å². The van der Waals surface area contributed by atoms with Gasteiger partial charge in [0.25, 0.3) is 31.9 Å². The van der Waals surface area contributed by atoms with E-state index in [1.54, 1.807) is 97.1 Å². The molecule has 8 rings (SSSR count). The lowest BCUT2D eigenvalue weighted by Crippen LogP contribution is -2.43. The Morgan fingerprint density at radius 1 is 0.529 bits per heavy atom. The van der Waals surface area contributed by atoms with E-state index >= 15 is 0 Å². The summed E-state index contributed by atoms with van der Waals surface area (Å²) in [6.07, 6.45) is 0. The molecule has 0 bridgehead atoms. The van der Waals surface area contributed by atoms with Crippen molar-refractivity contribution >= 4 is 64.8 Å². The predicted molar refractivity (Wildman–Crippen MR) is 193 cm³/mol. The number of ether oxygens (including phenoxy) is 1. The average Bonchev–Trinajstić information content (AvgIpc) is 3.81. The van der Waals surface area contributed by atoms with Crippen molar-refractivity contribution in [3.05, 3.63) is 133 Å². The van der Waals surface area contributed by atoms with Crippen LogP contribution in [0, 0.1) is 0 Å². The molecular weight excluding hydrogens is 689 g/mol. The number of imide groups is 1. The van der Waals surface area contributed by atoms with Crippen molar-refractivity contribution in [1.29, 1.82) is 0 Å². The first-order valence-corrected chi connectivity index (χ1v) is 19.3. The van der Waals surface area contributed by atoms with Gasteiger partial charge in [0.05, 0.1) is 56.6 Å². The molecule has 6 aromatic rings. The van der Waals surface area contributed by atoms with Gasteiger partial charge < -0.3 is 4.74 Å². The van der Waals surface area contributed by atoms with E-state index in [1.165, 1.54) is 24.3 Å². The summed E-state index contributed by atoms with van der Waals surface area (Å²) >= 11 is 0. The largest absolute Gasteiger partial charge is 0.379 e. The fourth-order valence-corrected chi connectivity index (χ4v) is 9.92. The Bertz CT molecular complexity index is 2420. The van der Waals surface area contributed by atoms with Gasteiger partial charge in [-0.2, -0.15) is 0 Å². The van der Waals surface area contributed by atoms with Crippen LogP contribution in [0.15, 0.2) is 131 Å². The van der Waals surface area contributed by atoms with Gasteiger partial charge in [-0.1, -0.05) is 72.8 Å². The number of nitrogens with zero attached hydrogens (tertiary/aromatic N) is 4. The SMILES string of the molecule is O=C1C(c2cc3ccccc3n2S(=O)(=O)c2ccccc2)=C(c2cc3ccccc3n2S(=O)(=O)c2ccccc2)C(=O)N1CCN1CCOCC1. The van der Waals surface area contributed by atoms with Gasteiger partial charge in [-0.3, -0.25) is 19.4 Å². The van der Waals surface area contributed by atoms with E-state index in [2.05, 4.69) is 4.90 Å². The number of morpholine rings is 1. The van der Waals surface area contributed by atoms with Crippen LogP contribution in [0.25, 0.3) is 33.0 Å². The van der Waals surface area contributed by atoms with Crippen LogP contribution >= 0.6 is 0 Å². The first-order valence-electron chi connectivity index (χ1n) is 16.4. The fourth-order valence-electron chi connectivity index (χ4n) is 6.84. The summed E-state index contributed by atoms with van der Waals surface area (Å²) in [4.78, 5) is 32.6. The highest BCUT2D eigenvalue weighted by molar-refractivity contribution is 7.90. The van der Waals surface area contributed by atoms with Crippen LogP contribution in [-0.2, 0) is 34.4 Å². The molecule has 0 unspecified atom stereocenters. The Kier molecular flexibility index (Phi) is 8.22. The van der Waals surface area contributed by atoms with Gasteiger partial charge in [0.1, 0.15) is 0 Å². The zero-order valence-corrected chi connectivity index (χ0v) is 28.9. The molecule has 0 aliphatic carbocycles. The highest BCUT2D eigenvalue weighted by atomic mass is 32.2. The summed E-state index contributed by atoms with van der Waals surface area (Å²) in [5.74, 6) is -1.44. The lowest BCUT2D eigenvalue weighted by atomic mass is 10.0. The van der Waals surface area contributed by atoms with Crippen LogP contribution in [0.5, 0.6) is 0 Å². The second-order valence-corrected chi connectivity index (χ2v) is 15.9. The summed E-state index contributed by atoms with van der Waals surface area (Å²) < 4.78 is 65.6. The normalized spacial score (nSPS) is 16.2. The Balaban J connectivity index is 1.42. The number of carbonyl (C=O) groups excluding carboxylic acids is 2. The van der Waals surface area contributed by atoms with Gasteiger partial charge in [0.15, 0.2) is 0 Å². The van der Waals surface area contributed by atoms with Gasteiger partial charge in [0.2, 0.25) is 0 Å². The van der Waals surface area contributed by atoms with E-state index in [1.807, 2.05) is 0 Å². The Hall–Kier alpha value is -5.34. The minimum absolute atomic E-state index is 0.00198. The zero-order chi connectivity index (χ0) is 35.3. The monoisotopic (exact) mass is 720 g/mol. The lowest BCUT2D eigenvalue weighted by Gasteiger charge is -2.28. The van der Waals surface area contributed by atoms with E-state index in [4.69, 9.17) is 4.74 Å². The van der Waals surface area contributed by atoms with Crippen LogP contribution in [0.4, 0.5) is 0 Å². The molecule has 0 spiro atoms. The maximum atomic E-state index is 14.7. The quantitative estimate of drug-likeness (QED) is 0.197. The van der Waals surface area contributed by atoms with Gasteiger partial charge >= 0.3 is 0 Å². The number of hydrogen-bond donors (Lipinski definition) is 0. The van der Waals surface area contributed by atoms with Crippen molar-refractivity contribution < 1.29 is 31.2 Å². The van der Waals surface area contributed by atoms with Crippen molar-refractivity contribution in [1.82, 2.24) is 17.7 Å². The van der Waals surface area contributed by atoms with Crippen LogP contribution in [-0.4, -0.2) is 85.8 Å². The van der Waals surface area contributed by atoms with Crippen LogP contribution in [0.2, 0.25) is 0 Å². The number of carbonyl (C=O) groups is 2. The third-order valence-corrected chi connectivity index (χ3v) is 12.8. The van der Waals surface area contributed by atoms with E-state index in [-0.39, 0.29) is 38.9 Å². The zero-order valence-electron chi connectivity index (χ0n) is 27.3. The molecule has 1 saturated heterocycles. The second-order valence-electron chi connectivity index (χ2n) is 12.3. The second kappa shape index (κ2) is 12.8. The molecule has 0 saturated carbocycles. The summed E-state index contributed by atoms with van der Waals surface area (Å²) in [7, 11) is -8.67. The van der Waals surface area contributed by atoms with Gasteiger partial charge in [-0.15, -0.1) is 0 Å². The van der Waals surface area contributed by atoms with Gasteiger partial charge in [-0.05, 0) is 48.5 Å². The molecule has 258 valence electrons. The first kappa shape index (κ1) is 32.8. The Labute approximate surface area is 294 Å². The fraction of sp³-hybridized carbons (Fsp3) is 0.158. The highest BCUT2D eigenvalue weighted by Gasteiger charge is 2.44. The van der Waals surface area contributed by atoms with Crippen LogP contribution < -0.4 is 0 Å². The minimum Gasteiger partial charge on any atom is -0.379 e. The molecule has 2 aliphatic heterocycles. The third-order valence-electron chi connectivity index (χ3n) is 9.32. The van der Waals surface area contributed by atoms with Crippen LogP contribution in [0.3, 0.4) is 0 Å². The molecule has 2 aliphatic rings. The molecule has 0 N–H and O–H groups in total. The smallest absolute Gasteiger partial charge is 0.268 e. The van der Waals surface area contributed by atoms with E-state index in [0.29, 0.717) is 54.7 Å². The number of rotatable bonds is 9. The summed E-state index contributed by atoms with van der Waals surface area (Å²) in [6, 6.07) is 32.4. The van der Waals surface area contributed by atoms with Crippen molar-refractivity contribution in [2.75, 3.05) is 39.4 Å². The standard InChI is InChI=1S/C38H32N4O7S2/c43-37-35(33-25-27-11-7-9-17-31(27)41(33)50(45,46)29-13-3-1-4-14-29)36(38(44)40(37)20-19-39-21-23-49-24-22-39)34-26-28-12-8-10-18-32(28)42(34)51(47,48)30-15-5-2-6-16-30/h1-18,25-26H,19-24H2. The molecule has 2 aromatic heterocycles. The third kappa shape index (κ3) is 5.49. The van der Waals surface area contributed by atoms with Crippen molar-refractivity contribution in [2.24, 2.45) is 0 Å². The van der Waals surface area contributed by atoms with E-state index in [9.17, 15) is 26.4 Å². The topological polar surface area (TPSA) is 128 Å². The summed E-state index contributed by atoms with van der Waals surface area (Å²) in [6.45, 7) is 2.64. The number of para-hydroxylation sites is 2. The Morgan fingerprint density at radius 3 is 1.39 bits per heavy atom. The van der Waals surface area contributed by atoms with Crippen molar-refractivity contribution in [3.8, 4) is 0 Å². The van der Waals surface area contributed by atoms with Crippen molar-refractivity contribution in [2.45, 2.75) is 9.79 Å². The minimum atomic E-state index is -4.34. The number of benzene rings is 4. The summed E-state index contributed by atoms with van der Waals surface area (Å²) in [5, 5.41) is 1.03. The molecule has 51 heavy (non-hydrogen) atoms.